The molecule has 3 heteroatoms. The number of hydrogen-bond acceptors (Lipinski definition) is 2. The highest BCUT2D eigenvalue weighted by molar-refractivity contribution is 9.10. The summed E-state index contributed by atoms with van der Waals surface area (Å²) in [6.45, 7) is 6.73. The molecule has 0 atom stereocenters. The molecule has 1 rings (SSSR count). The van der Waals surface area contributed by atoms with Gasteiger partial charge in [0.2, 0.25) is 0 Å². The van der Waals surface area contributed by atoms with Gasteiger partial charge in [0, 0.05) is 14.2 Å². The summed E-state index contributed by atoms with van der Waals surface area (Å²) in [4.78, 5) is 2.92. The SMILES string of the molecule is CCCNCCCCCc1sc(C)cc1Br. The summed E-state index contributed by atoms with van der Waals surface area (Å²) in [5.74, 6) is 0. The Morgan fingerprint density at radius 1 is 1.25 bits per heavy atom. The molecule has 0 aliphatic rings. The van der Waals surface area contributed by atoms with Crippen LogP contribution in [0, 0.1) is 6.92 Å². The highest BCUT2D eigenvalue weighted by Gasteiger charge is 2.03. The lowest BCUT2D eigenvalue weighted by Gasteiger charge is -2.02. The van der Waals surface area contributed by atoms with E-state index in [4.69, 9.17) is 0 Å². The molecule has 0 amide bonds. The highest BCUT2D eigenvalue weighted by atomic mass is 79.9. The lowest BCUT2D eigenvalue weighted by atomic mass is 10.2. The third-order valence-corrected chi connectivity index (χ3v) is 4.64. The Morgan fingerprint density at radius 2 is 2.06 bits per heavy atom. The molecule has 0 spiro atoms. The maximum atomic E-state index is 3.62. The second-order valence-electron chi connectivity index (χ2n) is 4.19. The fourth-order valence-electron chi connectivity index (χ4n) is 1.72. The predicted octanol–water partition coefficient (Wildman–Crippen LogP) is 4.53. The fraction of sp³-hybridized carbons (Fsp3) is 0.692. The number of rotatable bonds is 8. The predicted molar refractivity (Wildman–Crippen MR) is 77.5 cm³/mol. The minimum absolute atomic E-state index is 1.16. The van der Waals surface area contributed by atoms with Gasteiger partial charge in [-0.15, -0.1) is 11.3 Å². The van der Waals surface area contributed by atoms with E-state index in [1.807, 2.05) is 11.3 Å². The van der Waals surface area contributed by atoms with Gasteiger partial charge >= 0.3 is 0 Å². The van der Waals surface area contributed by atoms with Crippen LogP contribution in [0.3, 0.4) is 0 Å². The van der Waals surface area contributed by atoms with Crippen LogP contribution in [0.1, 0.15) is 42.4 Å². The van der Waals surface area contributed by atoms with Gasteiger partial charge < -0.3 is 5.32 Å². The molecular weight excluding hydrogens is 282 g/mol. The van der Waals surface area contributed by atoms with Gasteiger partial charge in [-0.1, -0.05) is 13.3 Å². The van der Waals surface area contributed by atoms with Crippen LogP contribution in [0.2, 0.25) is 0 Å². The van der Waals surface area contributed by atoms with Gasteiger partial charge in [0.25, 0.3) is 0 Å². The summed E-state index contributed by atoms with van der Waals surface area (Å²) < 4.78 is 1.30. The van der Waals surface area contributed by atoms with Gasteiger partial charge in [-0.05, 0) is 67.7 Å². The summed E-state index contributed by atoms with van der Waals surface area (Å²) in [7, 11) is 0. The number of unbranched alkanes of at least 4 members (excludes halogenated alkanes) is 2. The lowest BCUT2D eigenvalue weighted by Crippen LogP contribution is -2.15. The molecule has 0 aliphatic carbocycles. The summed E-state index contributed by atoms with van der Waals surface area (Å²) in [6.07, 6.45) is 6.42. The van der Waals surface area contributed by atoms with Crippen molar-refractivity contribution in [3.05, 3.63) is 20.3 Å². The minimum atomic E-state index is 1.16. The van der Waals surface area contributed by atoms with Crippen LogP contribution in [-0.2, 0) is 6.42 Å². The fourth-order valence-corrected chi connectivity index (χ4v) is 3.62. The Hall–Kier alpha value is 0.140. The number of aryl methyl sites for hydroxylation is 2. The van der Waals surface area contributed by atoms with E-state index in [2.05, 4.69) is 41.2 Å². The zero-order chi connectivity index (χ0) is 11.8. The summed E-state index contributed by atoms with van der Waals surface area (Å²) in [6, 6.07) is 2.23. The van der Waals surface area contributed by atoms with Crippen molar-refractivity contribution < 1.29 is 0 Å². The van der Waals surface area contributed by atoms with Crippen LogP contribution in [0.25, 0.3) is 0 Å². The molecular formula is C13H22BrNS. The zero-order valence-corrected chi connectivity index (χ0v) is 12.7. The normalized spacial score (nSPS) is 10.9. The molecule has 1 aromatic rings. The smallest absolute Gasteiger partial charge is 0.0317 e. The third-order valence-electron chi connectivity index (χ3n) is 2.56. The number of halogens is 1. The monoisotopic (exact) mass is 303 g/mol. The summed E-state index contributed by atoms with van der Waals surface area (Å²) >= 11 is 5.54. The summed E-state index contributed by atoms with van der Waals surface area (Å²) in [5, 5.41) is 3.44. The molecule has 0 aliphatic heterocycles. The zero-order valence-electron chi connectivity index (χ0n) is 10.3. The number of hydrogen-bond donors (Lipinski definition) is 1. The van der Waals surface area contributed by atoms with E-state index >= 15 is 0 Å². The Morgan fingerprint density at radius 3 is 2.69 bits per heavy atom. The molecule has 0 radical (unpaired) electrons. The first kappa shape index (κ1) is 14.2. The van der Waals surface area contributed by atoms with Crippen molar-refractivity contribution in [2.75, 3.05) is 13.1 Å². The van der Waals surface area contributed by atoms with Crippen molar-refractivity contribution in [2.45, 2.75) is 46.0 Å². The van der Waals surface area contributed by atoms with Gasteiger partial charge in [-0.25, -0.2) is 0 Å². The molecule has 16 heavy (non-hydrogen) atoms. The average molecular weight is 304 g/mol. The standard InChI is InChI=1S/C13H22BrNS/c1-3-8-15-9-6-4-5-7-13-12(14)10-11(2)16-13/h10,15H,3-9H2,1-2H3. The van der Waals surface area contributed by atoms with Crippen LogP contribution < -0.4 is 5.32 Å². The number of thiophene rings is 1. The molecule has 1 heterocycles. The summed E-state index contributed by atoms with van der Waals surface area (Å²) in [5.41, 5.74) is 0. The van der Waals surface area contributed by atoms with E-state index < -0.39 is 0 Å². The second-order valence-corrected chi connectivity index (χ2v) is 6.38. The quantitative estimate of drug-likeness (QED) is 0.696. The van der Waals surface area contributed by atoms with Crippen molar-refractivity contribution in [2.24, 2.45) is 0 Å². The van der Waals surface area contributed by atoms with E-state index in [0.717, 1.165) is 6.54 Å². The first-order valence-electron chi connectivity index (χ1n) is 6.19. The highest BCUT2D eigenvalue weighted by Crippen LogP contribution is 2.28. The Bertz CT molecular complexity index is 296. The van der Waals surface area contributed by atoms with Crippen LogP contribution in [0.5, 0.6) is 0 Å². The lowest BCUT2D eigenvalue weighted by molar-refractivity contribution is 0.600. The van der Waals surface area contributed by atoms with Crippen molar-refractivity contribution in [3.8, 4) is 0 Å². The maximum absolute atomic E-state index is 3.62. The first-order valence-corrected chi connectivity index (χ1v) is 7.80. The van der Waals surface area contributed by atoms with Gasteiger partial charge in [-0.3, -0.25) is 0 Å². The molecule has 0 fully saturated rings. The topological polar surface area (TPSA) is 12.0 Å². The van der Waals surface area contributed by atoms with Gasteiger partial charge in [0.15, 0.2) is 0 Å². The number of nitrogens with one attached hydrogen (secondary N) is 1. The van der Waals surface area contributed by atoms with Gasteiger partial charge in [0.1, 0.15) is 0 Å². The average Bonchev–Trinajstić information content (AvgIpc) is 2.56. The third kappa shape index (κ3) is 5.46. The largest absolute Gasteiger partial charge is 0.317 e. The van der Waals surface area contributed by atoms with Crippen LogP contribution in [0.4, 0.5) is 0 Å². The van der Waals surface area contributed by atoms with Crippen molar-refractivity contribution in [1.82, 2.24) is 5.32 Å². The Kier molecular flexibility index (Phi) is 7.33. The Labute approximate surface area is 112 Å². The molecule has 1 N–H and O–H groups in total. The van der Waals surface area contributed by atoms with Crippen molar-refractivity contribution >= 4 is 27.3 Å². The molecule has 1 nitrogen and oxygen atoms in total. The molecule has 0 unspecified atom stereocenters. The molecule has 0 saturated carbocycles. The minimum Gasteiger partial charge on any atom is -0.317 e. The molecule has 0 aromatic carbocycles. The van der Waals surface area contributed by atoms with E-state index in [1.54, 1.807) is 0 Å². The molecule has 92 valence electrons. The van der Waals surface area contributed by atoms with E-state index in [1.165, 1.54) is 52.9 Å². The molecule has 1 aromatic heterocycles. The van der Waals surface area contributed by atoms with E-state index in [0.29, 0.717) is 0 Å². The van der Waals surface area contributed by atoms with Gasteiger partial charge in [-0.2, -0.15) is 0 Å². The van der Waals surface area contributed by atoms with Gasteiger partial charge in [0.05, 0.1) is 0 Å². The Balaban J connectivity index is 2.05. The van der Waals surface area contributed by atoms with Crippen molar-refractivity contribution in [3.63, 3.8) is 0 Å². The van der Waals surface area contributed by atoms with Crippen LogP contribution in [0.15, 0.2) is 10.5 Å². The molecule has 0 saturated heterocycles. The van der Waals surface area contributed by atoms with Crippen molar-refractivity contribution in [1.29, 1.82) is 0 Å². The second kappa shape index (κ2) is 8.26. The maximum Gasteiger partial charge on any atom is 0.0317 e. The van der Waals surface area contributed by atoms with E-state index in [9.17, 15) is 0 Å². The first-order chi connectivity index (χ1) is 7.74. The van der Waals surface area contributed by atoms with E-state index in [-0.39, 0.29) is 0 Å². The van der Waals surface area contributed by atoms with Crippen LogP contribution >= 0.6 is 27.3 Å². The van der Waals surface area contributed by atoms with Crippen LogP contribution in [-0.4, -0.2) is 13.1 Å². The molecule has 0 bridgehead atoms.